The molecule has 0 aromatic rings. The number of hydrogen-bond acceptors (Lipinski definition) is 3. The van der Waals surface area contributed by atoms with Crippen molar-refractivity contribution in [3.63, 3.8) is 0 Å². The maximum atomic E-state index is 9.82. The molecule has 5 heteroatoms. The van der Waals surface area contributed by atoms with Crippen LogP contribution in [0.2, 0.25) is 0 Å². The summed E-state index contributed by atoms with van der Waals surface area (Å²) in [7, 11) is 0. The van der Waals surface area contributed by atoms with Gasteiger partial charge < -0.3 is 11.1 Å². The normalized spacial score (nSPS) is 6.00. The molecular weight excluding hydrogens is 120 g/mol. The molecule has 0 aliphatic rings. The summed E-state index contributed by atoms with van der Waals surface area (Å²) in [4.78, 5) is 9.82. The molecule has 0 atom stereocenters. The van der Waals surface area contributed by atoms with Crippen molar-refractivity contribution in [1.82, 2.24) is 5.32 Å². The van der Waals surface area contributed by atoms with Gasteiger partial charge in [0.25, 0.3) is 0 Å². The first kappa shape index (κ1) is 10.4. The molecule has 0 fully saturated rings. The predicted octanol–water partition coefficient (Wildman–Crippen LogP) is -0.129. The Morgan fingerprint density at radius 1 is 1.78 bits per heavy atom. The van der Waals surface area contributed by atoms with Gasteiger partial charge in [-0.15, -0.1) is 6.58 Å². The molecule has 0 aliphatic carbocycles. The van der Waals surface area contributed by atoms with Crippen molar-refractivity contribution in [2.75, 3.05) is 6.54 Å². The van der Waals surface area contributed by atoms with Gasteiger partial charge >= 0.3 is 6.03 Å². The Balaban J connectivity index is 0. The van der Waals surface area contributed by atoms with Gasteiger partial charge in [0, 0.05) is 17.3 Å². The third-order valence-corrected chi connectivity index (χ3v) is 0.421. The summed E-state index contributed by atoms with van der Waals surface area (Å²) < 4.78 is 0. The van der Waals surface area contributed by atoms with E-state index in [2.05, 4.69) is 17.6 Å². The van der Waals surface area contributed by atoms with Crippen molar-refractivity contribution >= 4 is 6.03 Å². The lowest BCUT2D eigenvalue weighted by molar-refractivity contribution is 0.250. The highest BCUT2D eigenvalue weighted by Gasteiger charge is 1.81. The number of nitrogens with zero attached hydrogens (tertiary/aromatic N) is 2. The molecule has 0 aliphatic heterocycles. The zero-order chi connectivity index (χ0) is 7.70. The van der Waals surface area contributed by atoms with Crippen molar-refractivity contribution in [1.29, 1.82) is 10.8 Å². The van der Waals surface area contributed by atoms with Crippen LogP contribution in [-0.4, -0.2) is 12.6 Å². The fourth-order valence-electron chi connectivity index (χ4n) is 0.173. The van der Waals surface area contributed by atoms with Gasteiger partial charge in [-0.1, -0.05) is 6.08 Å². The first-order valence-corrected chi connectivity index (χ1v) is 2.11. The van der Waals surface area contributed by atoms with Gasteiger partial charge in [-0.2, -0.15) is 0 Å². The fraction of sp³-hybridized carbons (Fsp3) is 0.250. The third-order valence-electron chi connectivity index (χ3n) is 0.421. The highest BCUT2D eigenvalue weighted by atomic mass is 16.2. The largest absolute Gasteiger partial charge is 0.352 e. The minimum atomic E-state index is -0.514. The van der Waals surface area contributed by atoms with Crippen LogP contribution in [0.25, 0.3) is 0 Å². The molecule has 0 aromatic heterocycles. The lowest BCUT2D eigenvalue weighted by Gasteiger charge is -1.90. The van der Waals surface area contributed by atoms with Gasteiger partial charge in [0.05, 0.1) is 0 Å². The van der Waals surface area contributed by atoms with Crippen LogP contribution in [0, 0.1) is 10.8 Å². The van der Waals surface area contributed by atoms with Gasteiger partial charge in [-0.25, -0.2) is 4.79 Å². The van der Waals surface area contributed by atoms with E-state index >= 15 is 0 Å². The summed E-state index contributed by atoms with van der Waals surface area (Å²) in [5.41, 5.74) is 4.68. The maximum Gasteiger partial charge on any atom is 0.312 e. The zero-order valence-corrected chi connectivity index (χ0v) is 4.87. The summed E-state index contributed by atoms with van der Waals surface area (Å²) in [6, 6.07) is -0.514. The van der Waals surface area contributed by atoms with Crippen molar-refractivity contribution in [3.8, 4) is 0 Å². The molecule has 0 unspecified atom stereocenters. The standard InChI is InChI=1S/C4H8N2O.N2/c1-2-3-6-4(5)7;1-2/h2H,1,3H2,(H3,5,6,7);. The monoisotopic (exact) mass is 128 g/mol. The summed E-state index contributed by atoms with van der Waals surface area (Å²) in [5, 5.41) is 14.3. The van der Waals surface area contributed by atoms with E-state index in [4.69, 9.17) is 10.8 Å². The second-order valence-electron chi connectivity index (χ2n) is 1.03. The fourth-order valence-corrected chi connectivity index (χ4v) is 0.173. The number of nitrogens with two attached hydrogens (primary N) is 1. The molecule has 0 rings (SSSR count). The van der Waals surface area contributed by atoms with Crippen molar-refractivity contribution in [3.05, 3.63) is 12.7 Å². The predicted molar refractivity (Wildman–Crippen MR) is 31.2 cm³/mol. The van der Waals surface area contributed by atoms with Gasteiger partial charge in [0.2, 0.25) is 0 Å². The summed E-state index contributed by atoms with van der Waals surface area (Å²) in [6.45, 7) is 3.80. The molecular formula is C4H8N4O. The van der Waals surface area contributed by atoms with E-state index in [1.807, 2.05) is 0 Å². The topological polar surface area (TPSA) is 103 Å². The van der Waals surface area contributed by atoms with Crippen molar-refractivity contribution in [2.45, 2.75) is 0 Å². The molecule has 0 saturated heterocycles. The van der Waals surface area contributed by atoms with E-state index in [0.717, 1.165) is 0 Å². The SMILES string of the molecule is C=CCNC(N)=O.N#N. The summed E-state index contributed by atoms with van der Waals surface area (Å²) in [5.74, 6) is 0. The molecule has 5 nitrogen and oxygen atoms in total. The maximum absolute atomic E-state index is 9.82. The molecule has 3 N–H and O–H groups in total. The van der Waals surface area contributed by atoms with Gasteiger partial charge in [-0.05, 0) is 0 Å². The van der Waals surface area contributed by atoms with Crippen LogP contribution in [-0.2, 0) is 0 Å². The van der Waals surface area contributed by atoms with E-state index in [1.165, 1.54) is 0 Å². The minimum absolute atomic E-state index is 0.440. The number of hydrogen-bond donors (Lipinski definition) is 2. The second-order valence-corrected chi connectivity index (χ2v) is 1.03. The molecule has 0 radical (unpaired) electrons. The molecule has 0 bridgehead atoms. The Labute approximate surface area is 53.0 Å². The van der Waals surface area contributed by atoms with Gasteiger partial charge in [0.15, 0.2) is 0 Å². The number of amides is 2. The zero-order valence-electron chi connectivity index (χ0n) is 4.87. The number of nitrogens with one attached hydrogen (secondary N) is 1. The van der Waals surface area contributed by atoms with Crippen LogP contribution >= 0.6 is 0 Å². The third kappa shape index (κ3) is 21.4. The lowest BCUT2D eigenvalue weighted by Crippen LogP contribution is -2.28. The Kier molecular flexibility index (Phi) is 11.2. The Morgan fingerprint density at radius 3 is 2.33 bits per heavy atom. The van der Waals surface area contributed by atoms with E-state index in [0.29, 0.717) is 6.54 Å². The minimum Gasteiger partial charge on any atom is -0.352 e. The average Bonchev–Trinajstić information content (AvgIpc) is 1.88. The van der Waals surface area contributed by atoms with Crippen LogP contribution in [0.5, 0.6) is 0 Å². The van der Waals surface area contributed by atoms with E-state index in [9.17, 15) is 4.79 Å². The Hall–Kier alpha value is -1.57. The highest BCUT2D eigenvalue weighted by molar-refractivity contribution is 5.71. The number of carbonyl (C=O) groups is 1. The molecule has 50 valence electrons. The quantitative estimate of drug-likeness (QED) is 0.400. The van der Waals surface area contributed by atoms with Crippen LogP contribution < -0.4 is 11.1 Å². The van der Waals surface area contributed by atoms with Crippen LogP contribution in [0.4, 0.5) is 4.79 Å². The van der Waals surface area contributed by atoms with E-state index in [1.54, 1.807) is 6.08 Å². The number of primary amides is 1. The smallest absolute Gasteiger partial charge is 0.312 e. The molecule has 9 heavy (non-hydrogen) atoms. The molecule has 2 amide bonds. The number of carbonyl (C=O) groups excluding carboxylic acids is 1. The van der Waals surface area contributed by atoms with Crippen molar-refractivity contribution < 1.29 is 4.79 Å². The summed E-state index contributed by atoms with van der Waals surface area (Å²) >= 11 is 0. The molecule has 0 saturated carbocycles. The lowest BCUT2D eigenvalue weighted by atomic mass is 10.6. The van der Waals surface area contributed by atoms with Crippen molar-refractivity contribution in [2.24, 2.45) is 5.73 Å². The second kappa shape index (κ2) is 9.66. The van der Waals surface area contributed by atoms with Crippen LogP contribution in [0.3, 0.4) is 0 Å². The molecule has 0 spiro atoms. The first-order chi connectivity index (χ1) is 4.27. The van der Waals surface area contributed by atoms with Gasteiger partial charge in [-0.3, -0.25) is 0 Å². The Bertz CT molecular complexity index is 108. The van der Waals surface area contributed by atoms with Crippen LogP contribution in [0.1, 0.15) is 0 Å². The van der Waals surface area contributed by atoms with Crippen LogP contribution in [0.15, 0.2) is 12.7 Å². The van der Waals surface area contributed by atoms with Gasteiger partial charge in [0.1, 0.15) is 0 Å². The Morgan fingerprint density at radius 2 is 2.22 bits per heavy atom. The van der Waals surface area contributed by atoms with E-state index < -0.39 is 6.03 Å². The molecule has 0 heterocycles. The highest BCUT2D eigenvalue weighted by Crippen LogP contribution is 1.56. The first-order valence-electron chi connectivity index (χ1n) is 2.11. The average molecular weight is 128 g/mol. The molecule has 0 aromatic carbocycles. The summed E-state index contributed by atoms with van der Waals surface area (Å²) in [6.07, 6.45) is 1.56. The number of rotatable bonds is 2. The number of urea groups is 1. The van der Waals surface area contributed by atoms with E-state index in [-0.39, 0.29) is 0 Å².